The molecule has 0 amide bonds. The summed E-state index contributed by atoms with van der Waals surface area (Å²) in [6, 6.07) is -0.0665. The molecular formula is C62H124FNO17. The SMILES string of the molecule is CC(C)OC[C@H]1O[C@@H](C)CC1OC(C)C.CC(C)OC[C@H]1O[C@@H](C)[C@@H](F)C1OC(C)C.CC(C)OC[C@H]1O[C@@H](C)[C@@H](N)C1OC(C)C.CO[C@H]1C(OC(C)C)[C@@H](COC(C)C)O[C@H]1C.CO[C@H]1C(OC(C)C)[C@@H](COC(C)C)O[C@H]1C. The first-order valence-corrected chi connectivity index (χ1v) is 30.8. The van der Waals surface area contributed by atoms with Crippen LogP contribution in [0.2, 0.25) is 0 Å². The molecule has 19 atom stereocenters. The molecule has 5 heterocycles. The molecule has 81 heavy (non-hydrogen) atoms. The maximum absolute atomic E-state index is 13.8. The van der Waals surface area contributed by atoms with Crippen LogP contribution in [0.15, 0.2) is 0 Å². The molecule has 0 spiro atoms. The second kappa shape index (κ2) is 40.6. The van der Waals surface area contributed by atoms with Crippen LogP contribution < -0.4 is 5.73 Å². The van der Waals surface area contributed by atoms with Gasteiger partial charge < -0.3 is 86.3 Å². The van der Waals surface area contributed by atoms with Gasteiger partial charge in [0.25, 0.3) is 0 Å². The molecule has 0 aromatic rings. The molecule has 5 unspecified atom stereocenters. The summed E-state index contributed by atoms with van der Waals surface area (Å²) in [7, 11) is 3.40. The van der Waals surface area contributed by atoms with E-state index in [0.717, 1.165) is 6.42 Å². The van der Waals surface area contributed by atoms with Gasteiger partial charge in [-0.15, -0.1) is 0 Å². The summed E-state index contributed by atoms with van der Waals surface area (Å²) >= 11 is 0. The van der Waals surface area contributed by atoms with Crippen LogP contribution in [-0.2, 0) is 80.5 Å². The van der Waals surface area contributed by atoms with Gasteiger partial charge in [0, 0.05) is 20.6 Å². The summed E-state index contributed by atoms with van der Waals surface area (Å²) in [5.41, 5.74) is 6.06. The minimum atomic E-state index is -1.07. The Morgan fingerprint density at radius 2 is 0.630 bits per heavy atom. The fourth-order valence-corrected chi connectivity index (χ4v) is 9.79. The van der Waals surface area contributed by atoms with Gasteiger partial charge in [0.05, 0.1) is 137 Å². The van der Waals surface area contributed by atoms with Gasteiger partial charge in [0.15, 0.2) is 6.17 Å². The zero-order chi connectivity index (χ0) is 62.0. The van der Waals surface area contributed by atoms with E-state index in [1.165, 1.54) is 0 Å². The van der Waals surface area contributed by atoms with Crippen molar-refractivity contribution in [2.45, 2.75) is 357 Å². The second-order valence-corrected chi connectivity index (χ2v) is 24.9. The second-order valence-electron chi connectivity index (χ2n) is 24.9. The molecule has 0 radical (unpaired) electrons. The number of methoxy groups -OCH3 is 2. The van der Waals surface area contributed by atoms with Crippen molar-refractivity contribution in [2.24, 2.45) is 5.73 Å². The highest BCUT2D eigenvalue weighted by Crippen LogP contribution is 2.31. The third kappa shape index (κ3) is 30.6. The van der Waals surface area contributed by atoms with E-state index >= 15 is 0 Å². The highest BCUT2D eigenvalue weighted by Gasteiger charge is 2.47. The lowest BCUT2D eigenvalue weighted by molar-refractivity contribution is -0.0980. The van der Waals surface area contributed by atoms with Crippen LogP contribution in [0.4, 0.5) is 4.39 Å². The van der Waals surface area contributed by atoms with E-state index in [1.54, 1.807) is 21.1 Å². The maximum Gasteiger partial charge on any atom is 0.155 e. The van der Waals surface area contributed by atoms with Gasteiger partial charge in [-0.1, -0.05) is 0 Å². The molecule has 5 aliphatic rings. The number of hydrogen-bond acceptors (Lipinski definition) is 18. The van der Waals surface area contributed by atoms with E-state index in [1.807, 2.05) is 145 Å². The van der Waals surface area contributed by atoms with Crippen molar-refractivity contribution in [1.29, 1.82) is 0 Å². The number of nitrogens with two attached hydrogens (primary N) is 1. The lowest BCUT2D eigenvalue weighted by Crippen LogP contribution is -2.44. The van der Waals surface area contributed by atoms with Crippen LogP contribution in [-0.4, -0.2) is 224 Å². The molecule has 5 aliphatic heterocycles. The first kappa shape index (κ1) is 78.2. The Morgan fingerprint density at radius 1 is 0.346 bits per heavy atom. The molecule has 18 nitrogen and oxygen atoms in total. The van der Waals surface area contributed by atoms with Crippen molar-refractivity contribution < 1.29 is 84.9 Å². The molecule has 0 aliphatic carbocycles. The summed E-state index contributed by atoms with van der Waals surface area (Å²) in [4.78, 5) is 0. The van der Waals surface area contributed by atoms with E-state index in [9.17, 15) is 4.39 Å². The molecule has 5 saturated heterocycles. The number of hydrogen-bond donors (Lipinski definition) is 1. The predicted octanol–water partition coefficient (Wildman–Crippen LogP) is 10.0. The van der Waals surface area contributed by atoms with Crippen LogP contribution in [0.3, 0.4) is 0 Å². The van der Waals surface area contributed by atoms with Crippen molar-refractivity contribution in [1.82, 2.24) is 0 Å². The Hall–Kier alpha value is -0.790. The average molecular weight is 1170 g/mol. The molecule has 5 fully saturated rings. The molecule has 0 bridgehead atoms. The molecule has 5 rings (SSSR count). The smallest absolute Gasteiger partial charge is 0.155 e. The Kier molecular flexibility index (Phi) is 39.2. The standard InChI is InChI=1S/2C13H26O4.C12H23FO3.C12H25NO3.C12H24O3/c2*1-8(2)15-7-11-13(16-9(3)4)12(14-6)10(5)17-11;2*1-7(2)14-6-10-12(15-8(3)4)11(13)9(5)16-10;1-8(2)13-7-12-11(14-9(3)4)6-10(5)15-12/h2*8-13H,7H2,1-6H3;7-12H,6H2,1-5H3;7-12H,6,13H2,1-5H3;8-12H,6-7H2,1-5H3/t2*10-,11+,12+,13?;2*9-,10+,11+,12?;10-,11?,12+/m00000/s1. The van der Waals surface area contributed by atoms with E-state index in [4.69, 9.17) is 86.3 Å². The zero-order valence-electron chi connectivity index (χ0n) is 55.9. The maximum atomic E-state index is 13.8. The largest absolute Gasteiger partial charge is 0.376 e. The van der Waals surface area contributed by atoms with Gasteiger partial charge in [-0.25, -0.2) is 4.39 Å². The molecule has 0 saturated carbocycles. The van der Waals surface area contributed by atoms with E-state index in [2.05, 4.69) is 20.8 Å². The van der Waals surface area contributed by atoms with Crippen molar-refractivity contribution in [3.63, 3.8) is 0 Å². The fraction of sp³-hybridized carbons (Fsp3) is 1.00. The van der Waals surface area contributed by atoms with Gasteiger partial charge in [-0.3, -0.25) is 0 Å². The van der Waals surface area contributed by atoms with Crippen LogP contribution in [0.25, 0.3) is 0 Å². The van der Waals surface area contributed by atoms with Crippen LogP contribution in [0.1, 0.15) is 180 Å². The van der Waals surface area contributed by atoms with Crippen molar-refractivity contribution in [3.8, 4) is 0 Å². The first-order chi connectivity index (χ1) is 37.7. The van der Waals surface area contributed by atoms with Crippen LogP contribution in [0, 0.1) is 0 Å². The summed E-state index contributed by atoms with van der Waals surface area (Å²) < 4.78 is 110. The van der Waals surface area contributed by atoms with Crippen molar-refractivity contribution >= 4 is 0 Å². The molecule has 19 heteroatoms. The van der Waals surface area contributed by atoms with Crippen molar-refractivity contribution in [3.05, 3.63) is 0 Å². The van der Waals surface area contributed by atoms with Crippen molar-refractivity contribution in [2.75, 3.05) is 47.3 Å². The fourth-order valence-electron chi connectivity index (χ4n) is 9.79. The van der Waals surface area contributed by atoms with Crippen LogP contribution >= 0.6 is 0 Å². The third-order valence-electron chi connectivity index (χ3n) is 13.3. The monoisotopic (exact) mass is 1170 g/mol. The van der Waals surface area contributed by atoms with E-state index < -0.39 is 18.4 Å². The third-order valence-corrected chi connectivity index (χ3v) is 13.3. The molecular weight excluding hydrogens is 1050 g/mol. The number of ether oxygens (including phenoxy) is 17. The summed E-state index contributed by atoms with van der Waals surface area (Å²) in [6.07, 6.45) is 0.804. The minimum Gasteiger partial charge on any atom is -0.376 e. The summed E-state index contributed by atoms with van der Waals surface area (Å²) in [5.74, 6) is 0. The molecule has 0 aromatic carbocycles. The Bertz CT molecular complexity index is 1460. The lowest BCUT2D eigenvalue weighted by atomic mass is 10.1. The topological polar surface area (TPSA) is 183 Å². The van der Waals surface area contributed by atoms with Gasteiger partial charge in [-0.05, 0) is 173 Å². The zero-order valence-corrected chi connectivity index (χ0v) is 55.9. The van der Waals surface area contributed by atoms with Crippen LogP contribution in [0.5, 0.6) is 0 Å². The van der Waals surface area contributed by atoms with E-state index in [-0.39, 0.29) is 159 Å². The molecule has 2 N–H and O–H groups in total. The van der Waals surface area contributed by atoms with Gasteiger partial charge in [0.2, 0.25) is 0 Å². The minimum absolute atomic E-state index is 0.00120. The lowest BCUT2D eigenvalue weighted by Gasteiger charge is -2.25. The van der Waals surface area contributed by atoms with Gasteiger partial charge >= 0.3 is 0 Å². The predicted molar refractivity (Wildman–Crippen MR) is 316 cm³/mol. The average Bonchev–Trinajstić information content (AvgIpc) is 4.10. The number of rotatable bonds is 27. The highest BCUT2D eigenvalue weighted by molar-refractivity contribution is 4.95. The molecule has 486 valence electrons. The highest BCUT2D eigenvalue weighted by atomic mass is 19.1. The quantitative estimate of drug-likeness (QED) is 0.0819. The normalized spacial score (nSPS) is 34.0. The summed E-state index contributed by atoms with van der Waals surface area (Å²) in [6.45, 7) is 52.6. The Balaban J connectivity index is 0.000000507. The van der Waals surface area contributed by atoms with Gasteiger partial charge in [0.1, 0.15) is 67.1 Å². The first-order valence-electron chi connectivity index (χ1n) is 30.8. The Morgan fingerprint density at radius 3 is 0.963 bits per heavy atom. The van der Waals surface area contributed by atoms with Gasteiger partial charge in [-0.2, -0.15) is 0 Å². The number of halogens is 1. The molecule has 0 aromatic heterocycles. The Labute approximate surface area is 492 Å². The summed E-state index contributed by atoms with van der Waals surface area (Å²) in [5, 5.41) is 0. The number of alkyl halides is 1. The van der Waals surface area contributed by atoms with E-state index in [0.29, 0.717) is 33.0 Å².